The lowest BCUT2D eigenvalue weighted by atomic mass is 9.87. The molecule has 0 fully saturated rings. The van der Waals surface area contributed by atoms with Gasteiger partial charge in [0.05, 0.1) is 0 Å². The average molecular weight is 751 g/mol. The first kappa shape index (κ1) is 39.0. The van der Waals surface area contributed by atoms with E-state index in [2.05, 4.69) is 224 Å². The number of hydrogen-bond donors (Lipinski definition) is 3. The van der Waals surface area contributed by atoms with Crippen molar-refractivity contribution in [2.45, 2.75) is 78.6 Å². The van der Waals surface area contributed by atoms with Crippen molar-refractivity contribution in [3.63, 3.8) is 0 Å². The van der Waals surface area contributed by atoms with Crippen molar-refractivity contribution in [3.8, 4) is 34.2 Å². The van der Waals surface area contributed by atoms with Gasteiger partial charge < -0.3 is 16.0 Å². The summed E-state index contributed by atoms with van der Waals surface area (Å²) in [5.74, 6) is 1.83. The minimum Gasteiger partial charge on any atom is -0.356 e. The standard InChI is InChI=1S/C51H54N6/c1-49(2,3)37-16-28-43(29-17-37)52-40-22-10-34(11-23-40)46-55-47(35-12-24-41(25-13-35)53-44-30-18-38(19-31-44)50(4,5)6)57-48(56-46)36-14-26-42(27-15-36)54-45-32-20-39(21-33-45)51(7,8)9/h10-33,52-54H,1-9H3. The summed E-state index contributed by atoms with van der Waals surface area (Å²) in [6.45, 7) is 20.1. The molecule has 0 aliphatic rings. The summed E-state index contributed by atoms with van der Waals surface area (Å²) < 4.78 is 0. The van der Waals surface area contributed by atoms with E-state index in [1.807, 2.05) is 0 Å². The van der Waals surface area contributed by atoms with Crippen molar-refractivity contribution in [1.82, 2.24) is 15.0 Å². The smallest absolute Gasteiger partial charge is 0.164 e. The summed E-state index contributed by atoms with van der Waals surface area (Å²) in [5.41, 5.74) is 13.1. The van der Waals surface area contributed by atoms with E-state index in [0.29, 0.717) is 17.5 Å². The molecule has 0 unspecified atom stereocenters. The Labute approximate surface area is 338 Å². The molecule has 7 rings (SSSR count). The molecule has 288 valence electrons. The Bertz CT molecular complexity index is 2120. The normalized spacial score (nSPS) is 11.9. The number of nitrogens with zero attached hydrogens (tertiary/aromatic N) is 3. The van der Waals surface area contributed by atoms with E-state index >= 15 is 0 Å². The molecule has 7 aromatic rings. The highest BCUT2D eigenvalue weighted by Gasteiger charge is 2.16. The predicted molar refractivity (Wildman–Crippen MR) is 241 cm³/mol. The van der Waals surface area contributed by atoms with Gasteiger partial charge in [-0.3, -0.25) is 0 Å². The summed E-state index contributed by atoms with van der Waals surface area (Å²) in [6, 6.07) is 50.7. The molecular formula is C51H54N6. The van der Waals surface area contributed by atoms with Gasteiger partial charge in [-0.2, -0.15) is 0 Å². The summed E-state index contributed by atoms with van der Waals surface area (Å²) >= 11 is 0. The maximum atomic E-state index is 5.01. The molecule has 0 aliphatic heterocycles. The molecule has 1 heterocycles. The van der Waals surface area contributed by atoms with Gasteiger partial charge in [-0.1, -0.05) is 98.7 Å². The third-order valence-corrected chi connectivity index (χ3v) is 10.2. The van der Waals surface area contributed by atoms with Gasteiger partial charge in [0.15, 0.2) is 17.5 Å². The number of rotatable bonds is 9. The fraction of sp³-hybridized carbons (Fsp3) is 0.235. The van der Waals surface area contributed by atoms with Crippen molar-refractivity contribution in [1.29, 1.82) is 0 Å². The van der Waals surface area contributed by atoms with E-state index in [4.69, 9.17) is 15.0 Å². The molecule has 0 amide bonds. The fourth-order valence-corrected chi connectivity index (χ4v) is 6.53. The van der Waals surface area contributed by atoms with Gasteiger partial charge in [-0.25, -0.2) is 15.0 Å². The third-order valence-electron chi connectivity index (χ3n) is 10.2. The van der Waals surface area contributed by atoms with Crippen LogP contribution >= 0.6 is 0 Å². The van der Waals surface area contributed by atoms with Crippen molar-refractivity contribution < 1.29 is 0 Å². The number of hydrogen-bond acceptors (Lipinski definition) is 6. The fourth-order valence-electron chi connectivity index (χ4n) is 6.53. The first-order chi connectivity index (χ1) is 27.1. The molecule has 6 heteroatoms. The van der Waals surface area contributed by atoms with Gasteiger partial charge in [-0.05, 0) is 142 Å². The molecule has 0 radical (unpaired) electrons. The molecule has 0 bridgehead atoms. The topological polar surface area (TPSA) is 74.8 Å². The highest BCUT2D eigenvalue weighted by Crippen LogP contribution is 2.31. The van der Waals surface area contributed by atoms with Crippen LogP contribution in [0.2, 0.25) is 0 Å². The Morgan fingerprint density at radius 1 is 0.263 bits per heavy atom. The van der Waals surface area contributed by atoms with Crippen molar-refractivity contribution in [3.05, 3.63) is 162 Å². The Hall–Kier alpha value is -6.27. The second-order valence-corrected chi connectivity index (χ2v) is 17.9. The zero-order valence-electron chi connectivity index (χ0n) is 34.7. The van der Waals surface area contributed by atoms with Gasteiger partial charge in [0.25, 0.3) is 0 Å². The van der Waals surface area contributed by atoms with Crippen LogP contribution in [0.3, 0.4) is 0 Å². The van der Waals surface area contributed by atoms with E-state index in [1.165, 1.54) is 16.7 Å². The van der Waals surface area contributed by atoms with Crippen LogP contribution in [0.15, 0.2) is 146 Å². The minimum absolute atomic E-state index is 0.109. The molecular weight excluding hydrogens is 697 g/mol. The minimum atomic E-state index is 0.109. The van der Waals surface area contributed by atoms with E-state index in [9.17, 15) is 0 Å². The monoisotopic (exact) mass is 750 g/mol. The van der Waals surface area contributed by atoms with E-state index in [-0.39, 0.29) is 16.2 Å². The molecule has 1 aromatic heterocycles. The molecule has 6 aromatic carbocycles. The summed E-state index contributed by atoms with van der Waals surface area (Å²) in [5, 5.41) is 10.6. The van der Waals surface area contributed by atoms with E-state index in [0.717, 1.165) is 50.8 Å². The lowest BCUT2D eigenvalue weighted by Gasteiger charge is -2.19. The number of anilines is 6. The highest BCUT2D eigenvalue weighted by molar-refractivity contribution is 5.72. The van der Waals surface area contributed by atoms with E-state index < -0.39 is 0 Å². The summed E-state index contributed by atoms with van der Waals surface area (Å²) in [4.78, 5) is 15.0. The van der Waals surface area contributed by atoms with Crippen LogP contribution in [0.1, 0.15) is 79.0 Å². The van der Waals surface area contributed by atoms with Gasteiger partial charge in [0.1, 0.15) is 0 Å². The number of nitrogens with one attached hydrogen (secondary N) is 3. The Morgan fingerprint density at radius 2 is 0.439 bits per heavy atom. The summed E-state index contributed by atoms with van der Waals surface area (Å²) in [6.07, 6.45) is 0. The van der Waals surface area contributed by atoms with Crippen molar-refractivity contribution in [2.75, 3.05) is 16.0 Å². The highest BCUT2D eigenvalue weighted by atomic mass is 15.0. The average Bonchev–Trinajstić information content (AvgIpc) is 3.18. The molecule has 0 saturated carbocycles. The quantitative estimate of drug-likeness (QED) is 0.136. The van der Waals surface area contributed by atoms with E-state index in [1.54, 1.807) is 0 Å². The van der Waals surface area contributed by atoms with Gasteiger partial charge in [0.2, 0.25) is 0 Å². The molecule has 57 heavy (non-hydrogen) atoms. The zero-order valence-corrected chi connectivity index (χ0v) is 34.7. The SMILES string of the molecule is CC(C)(C)c1ccc(Nc2ccc(-c3nc(-c4ccc(Nc5ccc(C(C)(C)C)cc5)cc4)nc(-c4ccc(Nc5ccc(C(C)(C)C)cc5)cc4)n3)cc2)cc1. The molecule has 0 atom stereocenters. The van der Waals surface area contributed by atoms with Crippen LogP contribution < -0.4 is 16.0 Å². The number of aromatic nitrogens is 3. The van der Waals surface area contributed by atoms with Crippen LogP contribution in [0.25, 0.3) is 34.2 Å². The second-order valence-electron chi connectivity index (χ2n) is 17.9. The van der Waals surface area contributed by atoms with Gasteiger partial charge in [-0.15, -0.1) is 0 Å². The van der Waals surface area contributed by atoms with Crippen LogP contribution in [0.5, 0.6) is 0 Å². The second kappa shape index (κ2) is 15.7. The Morgan fingerprint density at radius 3 is 0.614 bits per heavy atom. The first-order valence-electron chi connectivity index (χ1n) is 19.8. The number of benzene rings is 6. The lowest BCUT2D eigenvalue weighted by molar-refractivity contribution is 0.590. The van der Waals surface area contributed by atoms with Crippen molar-refractivity contribution >= 4 is 34.1 Å². The molecule has 3 N–H and O–H groups in total. The van der Waals surface area contributed by atoms with Crippen LogP contribution in [0, 0.1) is 0 Å². The molecule has 0 aliphatic carbocycles. The predicted octanol–water partition coefficient (Wildman–Crippen LogP) is 14.0. The lowest BCUT2D eigenvalue weighted by Crippen LogP contribution is -2.10. The van der Waals surface area contributed by atoms with Crippen LogP contribution in [-0.2, 0) is 16.2 Å². The summed E-state index contributed by atoms with van der Waals surface area (Å²) in [7, 11) is 0. The molecule has 0 saturated heterocycles. The Kier molecular flexibility index (Phi) is 10.7. The van der Waals surface area contributed by atoms with Crippen LogP contribution in [-0.4, -0.2) is 15.0 Å². The van der Waals surface area contributed by atoms with Crippen molar-refractivity contribution in [2.24, 2.45) is 0 Å². The molecule has 6 nitrogen and oxygen atoms in total. The van der Waals surface area contributed by atoms with Crippen LogP contribution in [0.4, 0.5) is 34.1 Å². The Balaban J connectivity index is 1.16. The molecule has 0 spiro atoms. The third kappa shape index (κ3) is 9.76. The first-order valence-corrected chi connectivity index (χ1v) is 19.8. The van der Waals surface area contributed by atoms with Gasteiger partial charge >= 0.3 is 0 Å². The largest absolute Gasteiger partial charge is 0.356 e. The maximum absolute atomic E-state index is 5.01. The maximum Gasteiger partial charge on any atom is 0.164 e. The zero-order chi connectivity index (χ0) is 40.4. The van der Waals surface area contributed by atoms with Gasteiger partial charge in [0, 0.05) is 50.8 Å².